The Kier molecular flexibility index (Phi) is 2.49. The second-order valence-electron chi connectivity index (χ2n) is 3.49. The Hall–Kier alpha value is -1.72. The lowest BCUT2D eigenvalue weighted by molar-refractivity contribution is -0.137. The molecule has 2 rings (SSSR count). The Bertz CT molecular complexity index is 501. The smallest absolute Gasteiger partial charge is 0.382 e. The van der Waals surface area contributed by atoms with Gasteiger partial charge in [0, 0.05) is 5.39 Å². The number of benzene rings is 1. The molecule has 0 saturated carbocycles. The fourth-order valence-electron chi connectivity index (χ4n) is 1.56. The van der Waals surface area contributed by atoms with Crippen LogP contribution in [0.3, 0.4) is 0 Å². The molecule has 1 aromatic carbocycles. The van der Waals surface area contributed by atoms with E-state index in [1.165, 1.54) is 4.68 Å². The van der Waals surface area contributed by atoms with Crippen LogP contribution in [0.5, 0.6) is 0 Å². The first-order chi connectivity index (χ1) is 7.47. The van der Waals surface area contributed by atoms with Crippen molar-refractivity contribution in [3.8, 4) is 0 Å². The maximum Gasteiger partial charge on any atom is 0.390 e. The predicted octanol–water partition coefficient (Wildman–Crippen LogP) is 2.57. The molecule has 0 unspecified atom stereocenters. The highest BCUT2D eigenvalue weighted by Gasteiger charge is 2.27. The molecule has 0 amide bonds. The van der Waals surface area contributed by atoms with E-state index in [0.717, 1.165) is 0 Å². The molecule has 0 spiro atoms. The van der Waals surface area contributed by atoms with Crippen LogP contribution in [-0.2, 0) is 6.54 Å². The minimum Gasteiger partial charge on any atom is -0.382 e. The van der Waals surface area contributed by atoms with Crippen molar-refractivity contribution < 1.29 is 13.2 Å². The van der Waals surface area contributed by atoms with E-state index in [4.69, 9.17) is 5.73 Å². The standard InChI is InChI=1S/C10H10F3N3/c11-10(12,13)5-6-16-8-4-2-1-3-7(8)9(14)15-16/h1-4H,5-6H2,(H2,14,15). The number of halogens is 3. The number of hydrogen-bond donors (Lipinski definition) is 1. The molecule has 0 bridgehead atoms. The average Bonchev–Trinajstić information content (AvgIpc) is 2.53. The van der Waals surface area contributed by atoms with Crippen LogP contribution in [0.25, 0.3) is 10.9 Å². The minimum absolute atomic E-state index is 0.207. The first-order valence-corrected chi connectivity index (χ1v) is 4.75. The second kappa shape index (κ2) is 3.70. The summed E-state index contributed by atoms with van der Waals surface area (Å²) in [6.07, 6.45) is -5.08. The molecular formula is C10H10F3N3. The lowest BCUT2D eigenvalue weighted by atomic mass is 10.2. The van der Waals surface area contributed by atoms with Crippen LogP contribution in [-0.4, -0.2) is 16.0 Å². The number of rotatable bonds is 2. The number of nitrogens with two attached hydrogens (primary N) is 1. The van der Waals surface area contributed by atoms with Crippen molar-refractivity contribution >= 4 is 16.7 Å². The molecular weight excluding hydrogens is 219 g/mol. The predicted molar refractivity (Wildman–Crippen MR) is 54.8 cm³/mol. The van der Waals surface area contributed by atoms with Gasteiger partial charge in [0.15, 0.2) is 5.82 Å². The molecule has 2 N–H and O–H groups in total. The fourth-order valence-corrected chi connectivity index (χ4v) is 1.56. The van der Waals surface area contributed by atoms with E-state index in [2.05, 4.69) is 5.10 Å². The number of aryl methyl sites for hydroxylation is 1. The zero-order valence-electron chi connectivity index (χ0n) is 8.33. The van der Waals surface area contributed by atoms with E-state index in [1.807, 2.05) is 0 Å². The zero-order valence-corrected chi connectivity index (χ0v) is 8.33. The third-order valence-electron chi connectivity index (χ3n) is 2.29. The van der Waals surface area contributed by atoms with Crippen LogP contribution < -0.4 is 5.73 Å². The molecule has 1 heterocycles. The molecule has 0 saturated heterocycles. The number of hydrogen-bond acceptors (Lipinski definition) is 2. The van der Waals surface area contributed by atoms with Gasteiger partial charge in [0.25, 0.3) is 0 Å². The van der Waals surface area contributed by atoms with Gasteiger partial charge in [0.05, 0.1) is 18.5 Å². The number of anilines is 1. The highest BCUT2D eigenvalue weighted by atomic mass is 19.4. The van der Waals surface area contributed by atoms with E-state index in [9.17, 15) is 13.2 Å². The SMILES string of the molecule is Nc1nn(CCC(F)(F)F)c2ccccc12. The summed E-state index contributed by atoms with van der Waals surface area (Å²) in [5, 5.41) is 4.57. The summed E-state index contributed by atoms with van der Waals surface area (Å²) in [5.41, 5.74) is 6.23. The fraction of sp³-hybridized carbons (Fsp3) is 0.300. The van der Waals surface area contributed by atoms with Crippen LogP contribution in [0, 0.1) is 0 Å². The van der Waals surface area contributed by atoms with Gasteiger partial charge in [0.1, 0.15) is 0 Å². The quantitative estimate of drug-likeness (QED) is 0.860. The summed E-state index contributed by atoms with van der Waals surface area (Å²) in [5.74, 6) is 0.262. The molecule has 16 heavy (non-hydrogen) atoms. The van der Waals surface area contributed by atoms with Gasteiger partial charge in [-0.1, -0.05) is 12.1 Å². The zero-order chi connectivity index (χ0) is 11.8. The number of fused-ring (bicyclic) bond motifs is 1. The van der Waals surface area contributed by atoms with Crippen molar-refractivity contribution in [1.29, 1.82) is 0 Å². The molecule has 0 aliphatic carbocycles. The van der Waals surface area contributed by atoms with Gasteiger partial charge in [-0.25, -0.2) is 0 Å². The first kappa shape index (κ1) is 10.8. The van der Waals surface area contributed by atoms with E-state index in [0.29, 0.717) is 10.9 Å². The summed E-state index contributed by atoms with van der Waals surface area (Å²) in [4.78, 5) is 0. The molecule has 2 aromatic rings. The molecule has 0 radical (unpaired) electrons. The monoisotopic (exact) mass is 229 g/mol. The lowest BCUT2D eigenvalue weighted by Crippen LogP contribution is -2.13. The van der Waals surface area contributed by atoms with E-state index in [-0.39, 0.29) is 12.4 Å². The largest absolute Gasteiger partial charge is 0.390 e. The summed E-state index contributed by atoms with van der Waals surface area (Å²) in [6.45, 7) is -0.207. The Morgan fingerprint density at radius 1 is 1.25 bits per heavy atom. The third-order valence-corrected chi connectivity index (χ3v) is 2.29. The number of nitrogens with zero attached hydrogens (tertiary/aromatic N) is 2. The van der Waals surface area contributed by atoms with Crippen LogP contribution in [0.1, 0.15) is 6.42 Å². The van der Waals surface area contributed by atoms with Gasteiger partial charge in [-0.2, -0.15) is 18.3 Å². The normalized spacial score (nSPS) is 12.2. The van der Waals surface area contributed by atoms with Gasteiger partial charge in [0.2, 0.25) is 0 Å². The van der Waals surface area contributed by atoms with Crippen molar-refractivity contribution in [2.24, 2.45) is 0 Å². The Balaban J connectivity index is 2.31. The second-order valence-corrected chi connectivity index (χ2v) is 3.49. The van der Waals surface area contributed by atoms with Gasteiger partial charge in [-0.15, -0.1) is 0 Å². The van der Waals surface area contributed by atoms with E-state index >= 15 is 0 Å². The average molecular weight is 229 g/mol. The van der Waals surface area contributed by atoms with Gasteiger partial charge in [-0.3, -0.25) is 4.68 Å². The molecule has 0 aliphatic rings. The Labute approximate surface area is 89.7 Å². The molecule has 0 atom stereocenters. The van der Waals surface area contributed by atoms with Crippen LogP contribution in [0.15, 0.2) is 24.3 Å². The maximum absolute atomic E-state index is 12.1. The molecule has 6 heteroatoms. The maximum atomic E-state index is 12.1. The van der Waals surface area contributed by atoms with E-state index < -0.39 is 12.6 Å². The van der Waals surface area contributed by atoms with Crippen molar-refractivity contribution in [3.63, 3.8) is 0 Å². The summed E-state index contributed by atoms with van der Waals surface area (Å²) in [6, 6.07) is 6.96. The topological polar surface area (TPSA) is 43.8 Å². The van der Waals surface area contributed by atoms with Crippen molar-refractivity contribution in [2.45, 2.75) is 19.1 Å². The Morgan fingerprint density at radius 3 is 2.62 bits per heavy atom. The van der Waals surface area contributed by atoms with Gasteiger partial charge in [-0.05, 0) is 12.1 Å². The number of nitrogen functional groups attached to an aromatic ring is 1. The summed E-state index contributed by atoms with van der Waals surface area (Å²) < 4.78 is 37.5. The van der Waals surface area contributed by atoms with Crippen LogP contribution in [0.4, 0.5) is 19.0 Å². The van der Waals surface area contributed by atoms with Gasteiger partial charge >= 0.3 is 6.18 Å². The van der Waals surface area contributed by atoms with Crippen molar-refractivity contribution in [1.82, 2.24) is 9.78 Å². The lowest BCUT2D eigenvalue weighted by Gasteiger charge is -2.06. The highest BCUT2D eigenvalue weighted by Crippen LogP contribution is 2.24. The van der Waals surface area contributed by atoms with Crippen molar-refractivity contribution in [3.05, 3.63) is 24.3 Å². The molecule has 0 fully saturated rings. The van der Waals surface area contributed by atoms with Crippen molar-refractivity contribution in [2.75, 3.05) is 5.73 Å². The minimum atomic E-state index is -4.18. The van der Waals surface area contributed by atoms with Crippen LogP contribution in [0.2, 0.25) is 0 Å². The molecule has 1 aromatic heterocycles. The number of aromatic nitrogens is 2. The molecule has 86 valence electrons. The third kappa shape index (κ3) is 2.10. The highest BCUT2D eigenvalue weighted by molar-refractivity contribution is 5.88. The first-order valence-electron chi connectivity index (χ1n) is 4.75. The van der Waals surface area contributed by atoms with Gasteiger partial charge < -0.3 is 5.73 Å². The van der Waals surface area contributed by atoms with E-state index in [1.54, 1.807) is 24.3 Å². The molecule has 3 nitrogen and oxygen atoms in total. The number of para-hydroxylation sites is 1. The molecule has 0 aliphatic heterocycles. The summed E-state index contributed by atoms with van der Waals surface area (Å²) in [7, 11) is 0. The van der Waals surface area contributed by atoms with Crippen LogP contribution >= 0.6 is 0 Å². The summed E-state index contributed by atoms with van der Waals surface area (Å²) >= 11 is 0. The number of alkyl halides is 3. The Morgan fingerprint density at radius 2 is 1.94 bits per heavy atom.